The highest BCUT2D eigenvalue weighted by molar-refractivity contribution is 5.72. The minimum Gasteiger partial charge on any atom is -0.396 e. The van der Waals surface area contributed by atoms with E-state index in [1.54, 1.807) is 17.1 Å². The van der Waals surface area contributed by atoms with Gasteiger partial charge in [-0.15, -0.1) is 5.10 Å². The molecule has 6 nitrogen and oxygen atoms in total. The Morgan fingerprint density at radius 2 is 1.70 bits per heavy atom. The Bertz CT molecular complexity index is 1100. The van der Waals surface area contributed by atoms with Crippen molar-refractivity contribution in [3.8, 4) is 5.69 Å². The number of hydrogen-bond acceptors (Lipinski definition) is 5. The SMILES string of the molecule is OCCCc1cn(-c2ccc(Nc3cccc(/C=C/c4ccncc4)c3)cc2)nn1. The fourth-order valence-corrected chi connectivity index (χ4v) is 3.05. The number of pyridine rings is 1. The highest BCUT2D eigenvalue weighted by Crippen LogP contribution is 2.20. The van der Waals surface area contributed by atoms with Crippen molar-refractivity contribution in [2.45, 2.75) is 12.8 Å². The first-order valence-corrected chi connectivity index (χ1v) is 9.88. The Hall–Kier alpha value is -3.77. The molecule has 30 heavy (non-hydrogen) atoms. The van der Waals surface area contributed by atoms with Crippen molar-refractivity contribution in [2.24, 2.45) is 0 Å². The van der Waals surface area contributed by atoms with Gasteiger partial charge in [-0.25, -0.2) is 4.68 Å². The van der Waals surface area contributed by atoms with E-state index in [1.807, 2.05) is 54.7 Å². The molecule has 0 aliphatic carbocycles. The van der Waals surface area contributed by atoms with Gasteiger partial charge < -0.3 is 10.4 Å². The van der Waals surface area contributed by atoms with Crippen molar-refractivity contribution in [1.29, 1.82) is 0 Å². The molecular weight excluding hydrogens is 374 g/mol. The summed E-state index contributed by atoms with van der Waals surface area (Å²) in [5.74, 6) is 0. The maximum atomic E-state index is 8.93. The van der Waals surface area contributed by atoms with Gasteiger partial charge in [0.25, 0.3) is 0 Å². The zero-order chi connectivity index (χ0) is 20.6. The van der Waals surface area contributed by atoms with E-state index in [1.165, 1.54) is 0 Å². The molecule has 0 radical (unpaired) electrons. The van der Waals surface area contributed by atoms with Crippen LogP contribution in [0.25, 0.3) is 17.8 Å². The molecule has 0 fully saturated rings. The molecule has 2 aromatic heterocycles. The summed E-state index contributed by atoms with van der Waals surface area (Å²) in [4.78, 5) is 4.04. The van der Waals surface area contributed by atoms with Crippen LogP contribution in [-0.4, -0.2) is 31.7 Å². The number of aryl methyl sites for hydroxylation is 1. The summed E-state index contributed by atoms with van der Waals surface area (Å²) in [5, 5.41) is 20.7. The van der Waals surface area contributed by atoms with Crippen LogP contribution in [0.1, 0.15) is 23.2 Å². The number of aliphatic hydroxyl groups is 1. The highest BCUT2D eigenvalue weighted by Gasteiger charge is 2.03. The summed E-state index contributed by atoms with van der Waals surface area (Å²) in [6, 6.07) is 20.2. The van der Waals surface area contributed by atoms with Gasteiger partial charge in [-0.1, -0.05) is 29.5 Å². The van der Waals surface area contributed by atoms with E-state index in [-0.39, 0.29) is 6.61 Å². The third-order valence-electron chi connectivity index (χ3n) is 4.61. The van der Waals surface area contributed by atoms with Gasteiger partial charge in [0, 0.05) is 30.4 Å². The largest absolute Gasteiger partial charge is 0.396 e. The van der Waals surface area contributed by atoms with Crippen molar-refractivity contribution < 1.29 is 5.11 Å². The second-order valence-electron chi connectivity index (χ2n) is 6.89. The molecule has 0 bridgehead atoms. The maximum Gasteiger partial charge on any atom is 0.0832 e. The van der Waals surface area contributed by atoms with Gasteiger partial charge in [-0.2, -0.15) is 0 Å². The van der Waals surface area contributed by atoms with Gasteiger partial charge >= 0.3 is 0 Å². The number of rotatable bonds is 8. The predicted octanol–water partition coefficient (Wildman–Crippen LogP) is 4.50. The molecule has 0 atom stereocenters. The molecular formula is C24H23N5O. The minimum absolute atomic E-state index is 0.161. The molecule has 0 aliphatic heterocycles. The van der Waals surface area contributed by atoms with Crippen LogP contribution in [0.3, 0.4) is 0 Å². The van der Waals surface area contributed by atoms with E-state index in [9.17, 15) is 0 Å². The molecule has 6 heteroatoms. The third kappa shape index (κ3) is 5.18. The molecule has 4 aromatic rings. The van der Waals surface area contributed by atoms with Crippen LogP contribution in [0.4, 0.5) is 11.4 Å². The molecule has 0 amide bonds. The molecule has 2 N–H and O–H groups in total. The third-order valence-corrected chi connectivity index (χ3v) is 4.61. The average molecular weight is 397 g/mol. The van der Waals surface area contributed by atoms with E-state index < -0.39 is 0 Å². The molecule has 0 aliphatic rings. The fraction of sp³-hybridized carbons (Fsp3) is 0.125. The number of anilines is 2. The average Bonchev–Trinajstić information content (AvgIpc) is 3.27. The van der Waals surface area contributed by atoms with Crippen LogP contribution < -0.4 is 5.32 Å². The topological polar surface area (TPSA) is 75.9 Å². The van der Waals surface area contributed by atoms with Crippen LogP contribution in [-0.2, 0) is 6.42 Å². The monoisotopic (exact) mass is 397 g/mol. The lowest BCUT2D eigenvalue weighted by molar-refractivity contribution is 0.288. The molecule has 2 heterocycles. The van der Waals surface area contributed by atoms with Crippen molar-refractivity contribution >= 4 is 23.5 Å². The van der Waals surface area contributed by atoms with Crippen LogP contribution in [0.15, 0.2) is 79.3 Å². The normalized spacial score (nSPS) is 11.1. The number of hydrogen-bond donors (Lipinski definition) is 2. The molecule has 0 saturated heterocycles. The molecule has 0 saturated carbocycles. The van der Waals surface area contributed by atoms with E-state index in [2.05, 4.69) is 44.9 Å². The summed E-state index contributed by atoms with van der Waals surface area (Å²) in [5.41, 5.74) is 6.07. The second kappa shape index (κ2) is 9.62. The van der Waals surface area contributed by atoms with Crippen molar-refractivity contribution in [3.63, 3.8) is 0 Å². The van der Waals surface area contributed by atoms with Gasteiger partial charge in [0.2, 0.25) is 0 Å². The first kappa shape index (κ1) is 19.5. The molecule has 0 unspecified atom stereocenters. The van der Waals surface area contributed by atoms with Gasteiger partial charge in [-0.3, -0.25) is 4.98 Å². The van der Waals surface area contributed by atoms with Crippen LogP contribution in [0.5, 0.6) is 0 Å². The van der Waals surface area contributed by atoms with Gasteiger partial charge in [0.15, 0.2) is 0 Å². The van der Waals surface area contributed by atoms with Gasteiger partial charge in [0.1, 0.15) is 0 Å². The van der Waals surface area contributed by atoms with E-state index in [0.717, 1.165) is 40.3 Å². The zero-order valence-electron chi connectivity index (χ0n) is 16.5. The summed E-state index contributed by atoms with van der Waals surface area (Å²) in [6.45, 7) is 0.161. The Kier molecular flexibility index (Phi) is 6.27. The molecule has 150 valence electrons. The van der Waals surface area contributed by atoms with Gasteiger partial charge in [0.05, 0.1) is 17.6 Å². The number of nitrogens with zero attached hydrogens (tertiary/aromatic N) is 4. The maximum absolute atomic E-state index is 8.93. The summed E-state index contributed by atoms with van der Waals surface area (Å²) < 4.78 is 1.75. The van der Waals surface area contributed by atoms with Crippen LogP contribution >= 0.6 is 0 Å². The van der Waals surface area contributed by atoms with Crippen molar-refractivity contribution in [1.82, 2.24) is 20.0 Å². The van der Waals surface area contributed by atoms with E-state index in [4.69, 9.17) is 5.11 Å². The molecule has 0 spiro atoms. The number of aliphatic hydroxyl groups excluding tert-OH is 1. The summed E-state index contributed by atoms with van der Waals surface area (Å²) in [7, 11) is 0. The minimum atomic E-state index is 0.161. The lowest BCUT2D eigenvalue weighted by Gasteiger charge is -2.08. The van der Waals surface area contributed by atoms with E-state index in [0.29, 0.717) is 6.42 Å². The molecule has 2 aromatic carbocycles. The van der Waals surface area contributed by atoms with E-state index >= 15 is 0 Å². The standard InChI is InChI=1S/C24H23N5O/c30-16-2-5-23-18-29(28-27-23)24-10-8-21(9-11-24)26-22-4-1-3-20(17-22)7-6-19-12-14-25-15-13-19/h1,3-4,6-15,17-18,26,30H,2,5,16H2/b7-6+. The first-order chi connectivity index (χ1) is 14.8. The van der Waals surface area contributed by atoms with Crippen LogP contribution in [0, 0.1) is 0 Å². The van der Waals surface area contributed by atoms with Crippen LogP contribution in [0.2, 0.25) is 0 Å². The Balaban J connectivity index is 1.42. The summed E-state index contributed by atoms with van der Waals surface area (Å²) >= 11 is 0. The number of nitrogens with one attached hydrogen (secondary N) is 1. The fourth-order valence-electron chi connectivity index (χ4n) is 3.05. The summed E-state index contributed by atoms with van der Waals surface area (Å²) in [6.07, 6.45) is 11.1. The predicted molar refractivity (Wildman–Crippen MR) is 120 cm³/mol. The Morgan fingerprint density at radius 1 is 0.900 bits per heavy atom. The lowest BCUT2D eigenvalue weighted by atomic mass is 10.1. The lowest BCUT2D eigenvalue weighted by Crippen LogP contribution is -1.96. The quantitative estimate of drug-likeness (QED) is 0.458. The second-order valence-corrected chi connectivity index (χ2v) is 6.89. The smallest absolute Gasteiger partial charge is 0.0832 e. The zero-order valence-corrected chi connectivity index (χ0v) is 16.5. The van der Waals surface area contributed by atoms with Crippen molar-refractivity contribution in [3.05, 3.63) is 96.1 Å². The highest BCUT2D eigenvalue weighted by atomic mass is 16.2. The number of aromatic nitrogens is 4. The molecule has 4 rings (SSSR count). The van der Waals surface area contributed by atoms with Gasteiger partial charge in [-0.05, 0) is 72.5 Å². The Labute approximate surface area is 175 Å². The van der Waals surface area contributed by atoms with Crippen molar-refractivity contribution in [2.75, 3.05) is 11.9 Å². The first-order valence-electron chi connectivity index (χ1n) is 9.88. The number of benzene rings is 2. The Morgan fingerprint density at radius 3 is 2.50 bits per heavy atom.